The van der Waals surface area contributed by atoms with E-state index in [0.29, 0.717) is 31.7 Å². The molecule has 0 amide bonds. The lowest BCUT2D eigenvalue weighted by atomic mass is 10.0. The summed E-state index contributed by atoms with van der Waals surface area (Å²) < 4.78 is 13.7. The quantitative estimate of drug-likeness (QED) is 0.119. The molecule has 0 atom stereocenters. The van der Waals surface area contributed by atoms with Crippen LogP contribution in [0.4, 0.5) is 0 Å². The lowest BCUT2D eigenvalue weighted by molar-refractivity contribution is -0.137. The number of unbranched alkanes of at least 4 members (excludes halogenated alkanes) is 1. The first kappa shape index (κ1) is 29.5. The zero-order valence-electron chi connectivity index (χ0n) is 23.6. The number of hydrogen-bond donors (Lipinski definition) is 2. The van der Waals surface area contributed by atoms with Gasteiger partial charge in [0.05, 0.1) is 19.6 Å². The summed E-state index contributed by atoms with van der Waals surface area (Å²) in [6.45, 7) is 5.92. The molecule has 0 aliphatic heterocycles. The van der Waals surface area contributed by atoms with Crippen LogP contribution in [0.25, 0.3) is 23.1 Å². The molecule has 0 fully saturated rings. The average Bonchev–Trinajstić information content (AvgIpc) is 3.28. The molecular weight excluding hydrogens is 518 g/mol. The van der Waals surface area contributed by atoms with Gasteiger partial charge in [0.1, 0.15) is 11.5 Å². The largest absolute Gasteiger partial charge is 0.494 e. The number of nitrogens with zero attached hydrogens (tertiary/aromatic N) is 1. The SMILES string of the molecule is Cc1ccc(OCCCCOc2ccc(C=Cc3cccc4c3c(CC(=O)O)cn4CCCC(=O)O)cc2)c(C)c1. The summed E-state index contributed by atoms with van der Waals surface area (Å²) in [5.41, 5.74) is 5.91. The van der Waals surface area contributed by atoms with E-state index in [1.54, 1.807) is 0 Å². The van der Waals surface area contributed by atoms with E-state index in [2.05, 4.69) is 26.0 Å². The first-order valence-electron chi connectivity index (χ1n) is 14.0. The van der Waals surface area contributed by atoms with Gasteiger partial charge < -0.3 is 24.3 Å². The Kier molecular flexibility index (Phi) is 10.2. The molecule has 41 heavy (non-hydrogen) atoms. The molecule has 0 aliphatic rings. The zero-order valence-corrected chi connectivity index (χ0v) is 23.6. The Bertz CT molecular complexity index is 1520. The van der Waals surface area contributed by atoms with Crippen molar-refractivity contribution in [2.24, 2.45) is 0 Å². The highest BCUT2D eigenvalue weighted by atomic mass is 16.5. The van der Waals surface area contributed by atoms with Gasteiger partial charge in [-0.1, -0.05) is 54.1 Å². The molecule has 0 radical (unpaired) electrons. The van der Waals surface area contributed by atoms with Crippen LogP contribution in [0.2, 0.25) is 0 Å². The molecule has 0 aliphatic carbocycles. The molecule has 0 spiro atoms. The standard InChI is InChI=1S/C34H37NO6/c1-24-10-17-31(25(2)21-24)41-20-4-3-19-40-29-15-12-26(13-16-29)11-14-27-7-5-8-30-34(27)28(22-33(38)39)23-35(30)18-6-9-32(36)37/h5,7-8,10-17,21,23H,3-4,6,9,18-20,22H2,1-2H3,(H,36,37)(H,38,39). The fraction of sp³-hybridized carbons (Fsp3) is 0.294. The summed E-state index contributed by atoms with van der Waals surface area (Å²) in [6, 6.07) is 19.9. The van der Waals surface area contributed by atoms with E-state index in [4.69, 9.17) is 14.6 Å². The molecule has 4 aromatic rings. The van der Waals surface area contributed by atoms with E-state index >= 15 is 0 Å². The van der Waals surface area contributed by atoms with Gasteiger partial charge >= 0.3 is 11.9 Å². The van der Waals surface area contributed by atoms with Crippen molar-refractivity contribution in [2.45, 2.75) is 52.5 Å². The minimum Gasteiger partial charge on any atom is -0.494 e. The molecular formula is C34H37NO6. The molecule has 1 heterocycles. The Hall–Kier alpha value is -4.52. The fourth-order valence-electron chi connectivity index (χ4n) is 4.89. The van der Waals surface area contributed by atoms with Crippen molar-refractivity contribution in [3.63, 3.8) is 0 Å². The number of benzene rings is 3. The average molecular weight is 556 g/mol. The van der Waals surface area contributed by atoms with E-state index < -0.39 is 11.9 Å². The first-order chi connectivity index (χ1) is 19.8. The second-order valence-electron chi connectivity index (χ2n) is 10.2. The van der Waals surface area contributed by atoms with Gasteiger partial charge in [-0.05, 0) is 79.6 Å². The molecule has 0 bridgehead atoms. The van der Waals surface area contributed by atoms with Crippen molar-refractivity contribution in [2.75, 3.05) is 13.2 Å². The van der Waals surface area contributed by atoms with Gasteiger partial charge in [0, 0.05) is 30.1 Å². The monoisotopic (exact) mass is 555 g/mol. The fourth-order valence-corrected chi connectivity index (χ4v) is 4.89. The summed E-state index contributed by atoms with van der Waals surface area (Å²) in [6.07, 6.45) is 8.05. The summed E-state index contributed by atoms with van der Waals surface area (Å²) in [5.74, 6) is -0.00629. The van der Waals surface area contributed by atoms with Crippen molar-refractivity contribution < 1.29 is 29.3 Å². The van der Waals surface area contributed by atoms with Gasteiger partial charge in [-0.2, -0.15) is 0 Å². The van der Waals surface area contributed by atoms with Crippen molar-refractivity contribution in [3.05, 3.63) is 94.7 Å². The summed E-state index contributed by atoms with van der Waals surface area (Å²) >= 11 is 0. The molecule has 7 heteroatoms. The van der Waals surface area contributed by atoms with Crippen LogP contribution in [0.1, 0.15) is 53.5 Å². The van der Waals surface area contributed by atoms with Crippen LogP contribution in [0.5, 0.6) is 11.5 Å². The number of ether oxygens (including phenoxy) is 2. The van der Waals surface area contributed by atoms with E-state index in [-0.39, 0.29) is 12.8 Å². The topological polar surface area (TPSA) is 98.0 Å². The Morgan fingerprint density at radius 3 is 2.32 bits per heavy atom. The van der Waals surface area contributed by atoms with Gasteiger partial charge in [0.2, 0.25) is 0 Å². The summed E-state index contributed by atoms with van der Waals surface area (Å²) in [5, 5.41) is 19.3. The Balaban J connectivity index is 1.33. The highest BCUT2D eigenvalue weighted by molar-refractivity contribution is 5.96. The summed E-state index contributed by atoms with van der Waals surface area (Å²) in [4.78, 5) is 22.5. The number of carboxylic acids is 2. The normalized spacial score (nSPS) is 11.3. The van der Waals surface area contributed by atoms with E-state index in [1.165, 1.54) is 5.56 Å². The van der Waals surface area contributed by atoms with E-state index in [0.717, 1.165) is 51.9 Å². The van der Waals surface area contributed by atoms with Gasteiger partial charge in [-0.15, -0.1) is 0 Å². The molecule has 2 N–H and O–H groups in total. The molecule has 0 saturated heterocycles. The van der Waals surface area contributed by atoms with Crippen LogP contribution < -0.4 is 9.47 Å². The van der Waals surface area contributed by atoms with Crippen LogP contribution in [0.15, 0.2) is 66.9 Å². The maximum Gasteiger partial charge on any atom is 0.307 e. The number of aromatic nitrogens is 1. The molecule has 7 nitrogen and oxygen atoms in total. The smallest absolute Gasteiger partial charge is 0.307 e. The number of hydrogen-bond acceptors (Lipinski definition) is 4. The first-order valence-corrected chi connectivity index (χ1v) is 14.0. The number of carboxylic acid groups (broad SMARTS) is 2. The number of rotatable bonds is 15. The van der Waals surface area contributed by atoms with Gasteiger partial charge in [0.15, 0.2) is 0 Å². The molecule has 0 saturated carbocycles. The number of aryl methyl sites for hydroxylation is 3. The van der Waals surface area contributed by atoms with Crippen molar-refractivity contribution in [1.82, 2.24) is 4.57 Å². The Morgan fingerprint density at radius 2 is 1.61 bits per heavy atom. The van der Waals surface area contributed by atoms with E-state index in [1.807, 2.05) is 71.4 Å². The molecule has 3 aromatic carbocycles. The highest BCUT2D eigenvalue weighted by Gasteiger charge is 2.14. The minimum atomic E-state index is -0.905. The Morgan fingerprint density at radius 1 is 0.854 bits per heavy atom. The van der Waals surface area contributed by atoms with Crippen LogP contribution in [-0.2, 0) is 22.6 Å². The van der Waals surface area contributed by atoms with Crippen LogP contribution in [0.3, 0.4) is 0 Å². The minimum absolute atomic E-state index is 0.0649. The van der Waals surface area contributed by atoms with Gasteiger partial charge in [-0.3, -0.25) is 9.59 Å². The van der Waals surface area contributed by atoms with Crippen LogP contribution >= 0.6 is 0 Å². The van der Waals surface area contributed by atoms with Crippen LogP contribution in [0, 0.1) is 13.8 Å². The predicted molar refractivity (Wildman–Crippen MR) is 162 cm³/mol. The number of fused-ring (bicyclic) bond motifs is 1. The third-order valence-corrected chi connectivity index (χ3v) is 6.88. The molecule has 0 unspecified atom stereocenters. The predicted octanol–water partition coefficient (Wildman–Crippen LogP) is 7.16. The Labute approximate surface area is 240 Å². The van der Waals surface area contributed by atoms with Crippen molar-refractivity contribution >= 4 is 35.0 Å². The van der Waals surface area contributed by atoms with E-state index in [9.17, 15) is 14.7 Å². The second kappa shape index (κ2) is 14.2. The lowest BCUT2D eigenvalue weighted by Crippen LogP contribution is -2.03. The zero-order chi connectivity index (χ0) is 29.2. The maximum absolute atomic E-state index is 11.5. The molecule has 214 valence electrons. The summed E-state index contributed by atoms with van der Waals surface area (Å²) in [7, 11) is 0. The van der Waals surface area contributed by atoms with Gasteiger partial charge in [0.25, 0.3) is 0 Å². The molecule has 1 aromatic heterocycles. The van der Waals surface area contributed by atoms with Gasteiger partial charge in [-0.25, -0.2) is 0 Å². The molecule has 4 rings (SSSR count). The van der Waals surface area contributed by atoms with Crippen molar-refractivity contribution in [1.29, 1.82) is 0 Å². The second-order valence-corrected chi connectivity index (χ2v) is 10.2. The van der Waals surface area contributed by atoms with Crippen molar-refractivity contribution in [3.8, 4) is 11.5 Å². The highest BCUT2D eigenvalue weighted by Crippen LogP contribution is 2.28. The lowest BCUT2D eigenvalue weighted by Gasteiger charge is -2.10. The number of aliphatic carboxylic acids is 2. The third kappa shape index (κ3) is 8.48. The van der Waals surface area contributed by atoms with Crippen LogP contribution in [-0.4, -0.2) is 39.9 Å². The maximum atomic E-state index is 11.5. The third-order valence-electron chi connectivity index (χ3n) is 6.88. The number of carbonyl (C=O) groups is 2.